The third kappa shape index (κ3) is 3.40. The molecule has 0 bridgehead atoms. The van der Waals surface area contributed by atoms with Crippen LogP contribution in [0.25, 0.3) is 11.5 Å². The molecular formula is C17H18N6O. The van der Waals surface area contributed by atoms with Crippen LogP contribution in [0.15, 0.2) is 41.4 Å². The Morgan fingerprint density at radius 1 is 1.21 bits per heavy atom. The number of nitrogens with one attached hydrogen (secondary N) is 1. The Balaban J connectivity index is 1.39. The van der Waals surface area contributed by atoms with Crippen LogP contribution in [-0.4, -0.2) is 31.1 Å². The fourth-order valence-electron chi connectivity index (χ4n) is 2.52. The molecule has 122 valence electrons. The second-order valence-electron chi connectivity index (χ2n) is 6.11. The quantitative estimate of drug-likeness (QED) is 0.746. The minimum absolute atomic E-state index is 0.199. The summed E-state index contributed by atoms with van der Waals surface area (Å²) >= 11 is 0. The van der Waals surface area contributed by atoms with Crippen molar-refractivity contribution in [3.05, 3.63) is 48.4 Å². The third-order valence-corrected chi connectivity index (χ3v) is 3.92. The highest BCUT2D eigenvalue weighted by Crippen LogP contribution is 2.38. The van der Waals surface area contributed by atoms with Crippen LogP contribution < -0.4 is 5.32 Å². The van der Waals surface area contributed by atoms with Crippen LogP contribution in [0.5, 0.6) is 0 Å². The maximum atomic E-state index is 5.32. The van der Waals surface area contributed by atoms with E-state index in [0.29, 0.717) is 11.8 Å². The standard InChI is InChI=1S/C17H18N6O/c1-11(8-14-10-18-6-7-19-14)21-15-5-4-13(9-20-15)17-22-16(23-24-17)12-2-3-12/h4-7,9-12H,2-3,8H2,1H3,(H,20,21). The molecule has 4 rings (SSSR count). The van der Waals surface area contributed by atoms with Gasteiger partial charge in [0.25, 0.3) is 5.89 Å². The molecule has 1 saturated carbocycles. The summed E-state index contributed by atoms with van der Waals surface area (Å²) in [5.74, 6) is 2.63. The average Bonchev–Trinajstić information content (AvgIpc) is 3.34. The maximum Gasteiger partial charge on any atom is 0.259 e. The molecule has 0 aromatic carbocycles. The van der Waals surface area contributed by atoms with E-state index in [1.165, 1.54) is 0 Å². The third-order valence-electron chi connectivity index (χ3n) is 3.92. The molecule has 1 fully saturated rings. The van der Waals surface area contributed by atoms with Crippen molar-refractivity contribution in [2.45, 2.75) is 38.1 Å². The lowest BCUT2D eigenvalue weighted by molar-refractivity contribution is 0.422. The van der Waals surface area contributed by atoms with Gasteiger partial charge in [-0.2, -0.15) is 4.98 Å². The summed E-state index contributed by atoms with van der Waals surface area (Å²) in [5.41, 5.74) is 1.79. The first-order valence-corrected chi connectivity index (χ1v) is 8.09. The Morgan fingerprint density at radius 3 is 2.83 bits per heavy atom. The SMILES string of the molecule is CC(Cc1cnccn1)Nc1ccc(-c2nc(C3CC3)no2)cn1. The van der Waals surface area contributed by atoms with Crippen LogP contribution in [0.4, 0.5) is 5.82 Å². The molecule has 1 atom stereocenters. The zero-order chi connectivity index (χ0) is 16.4. The van der Waals surface area contributed by atoms with Crippen molar-refractivity contribution in [3.8, 4) is 11.5 Å². The number of nitrogens with zero attached hydrogens (tertiary/aromatic N) is 5. The molecule has 0 spiro atoms. The van der Waals surface area contributed by atoms with E-state index in [2.05, 4.69) is 37.3 Å². The summed E-state index contributed by atoms with van der Waals surface area (Å²) in [5, 5.41) is 7.39. The summed E-state index contributed by atoms with van der Waals surface area (Å²) in [4.78, 5) is 17.2. The van der Waals surface area contributed by atoms with Gasteiger partial charge in [0, 0.05) is 43.2 Å². The molecule has 7 nitrogen and oxygen atoms in total. The van der Waals surface area contributed by atoms with E-state index in [4.69, 9.17) is 4.52 Å². The van der Waals surface area contributed by atoms with Crippen molar-refractivity contribution in [1.29, 1.82) is 0 Å². The molecule has 0 saturated heterocycles. The first kappa shape index (κ1) is 14.7. The maximum absolute atomic E-state index is 5.32. The molecule has 24 heavy (non-hydrogen) atoms. The Bertz CT molecular complexity index is 797. The van der Waals surface area contributed by atoms with Gasteiger partial charge >= 0.3 is 0 Å². The fourth-order valence-corrected chi connectivity index (χ4v) is 2.52. The van der Waals surface area contributed by atoms with Gasteiger partial charge in [-0.25, -0.2) is 4.98 Å². The second kappa shape index (κ2) is 6.35. The van der Waals surface area contributed by atoms with E-state index in [0.717, 1.165) is 42.2 Å². The van der Waals surface area contributed by atoms with Gasteiger partial charge in [-0.3, -0.25) is 9.97 Å². The van der Waals surface area contributed by atoms with E-state index in [1.807, 2.05) is 12.1 Å². The summed E-state index contributed by atoms with van der Waals surface area (Å²) in [7, 11) is 0. The molecule has 1 aliphatic rings. The van der Waals surface area contributed by atoms with Crippen LogP contribution in [0.2, 0.25) is 0 Å². The van der Waals surface area contributed by atoms with Gasteiger partial charge in [0.15, 0.2) is 5.82 Å². The van der Waals surface area contributed by atoms with Crippen LogP contribution in [0.1, 0.15) is 37.2 Å². The van der Waals surface area contributed by atoms with Gasteiger partial charge < -0.3 is 9.84 Å². The van der Waals surface area contributed by atoms with Gasteiger partial charge in [0.2, 0.25) is 0 Å². The first-order chi connectivity index (χ1) is 11.8. The number of anilines is 1. The van der Waals surface area contributed by atoms with Crippen LogP contribution in [0, 0.1) is 0 Å². The van der Waals surface area contributed by atoms with Crippen molar-refractivity contribution in [2.75, 3.05) is 5.32 Å². The number of hydrogen-bond donors (Lipinski definition) is 1. The van der Waals surface area contributed by atoms with E-state index >= 15 is 0 Å². The summed E-state index contributed by atoms with van der Waals surface area (Å²) in [6.07, 6.45) is 10.0. The van der Waals surface area contributed by atoms with Gasteiger partial charge in [0.05, 0.1) is 11.3 Å². The molecule has 3 heterocycles. The summed E-state index contributed by atoms with van der Waals surface area (Å²) in [6, 6.07) is 4.06. The lowest BCUT2D eigenvalue weighted by Gasteiger charge is -2.13. The molecule has 0 radical (unpaired) electrons. The largest absolute Gasteiger partial charge is 0.367 e. The van der Waals surface area contributed by atoms with Gasteiger partial charge in [-0.15, -0.1) is 0 Å². The number of aromatic nitrogens is 5. The molecule has 0 amide bonds. The Labute approximate surface area is 139 Å². The molecular weight excluding hydrogens is 304 g/mol. The van der Waals surface area contributed by atoms with Gasteiger partial charge in [0.1, 0.15) is 5.82 Å². The van der Waals surface area contributed by atoms with E-state index < -0.39 is 0 Å². The van der Waals surface area contributed by atoms with Crippen LogP contribution in [0.3, 0.4) is 0 Å². The van der Waals surface area contributed by atoms with E-state index in [1.54, 1.807) is 24.8 Å². The molecule has 1 unspecified atom stereocenters. The fraction of sp³-hybridized carbons (Fsp3) is 0.353. The highest BCUT2D eigenvalue weighted by Gasteiger charge is 2.29. The molecule has 1 aliphatic carbocycles. The van der Waals surface area contributed by atoms with Crippen molar-refractivity contribution in [3.63, 3.8) is 0 Å². The van der Waals surface area contributed by atoms with Gasteiger partial charge in [-0.1, -0.05) is 5.16 Å². The minimum Gasteiger partial charge on any atom is -0.367 e. The first-order valence-electron chi connectivity index (χ1n) is 8.09. The summed E-state index contributed by atoms with van der Waals surface area (Å²) < 4.78 is 5.32. The normalized spacial score (nSPS) is 15.2. The average molecular weight is 322 g/mol. The molecule has 3 aromatic heterocycles. The highest BCUT2D eigenvalue weighted by atomic mass is 16.5. The molecule has 1 N–H and O–H groups in total. The monoisotopic (exact) mass is 322 g/mol. The Hall–Kier alpha value is -2.83. The molecule has 7 heteroatoms. The number of hydrogen-bond acceptors (Lipinski definition) is 7. The van der Waals surface area contributed by atoms with E-state index in [9.17, 15) is 0 Å². The van der Waals surface area contributed by atoms with Crippen molar-refractivity contribution < 1.29 is 4.52 Å². The smallest absolute Gasteiger partial charge is 0.259 e. The lowest BCUT2D eigenvalue weighted by atomic mass is 10.2. The predicted octanol–water partition coefficient (Wildman–Crippen LogP) is 2.84. The topological polar surface area (TPSA) is 89.6 Å². The molecule has 0 aliphatic heterocycles. The van der Waals surface area contributed by atoms with Crippen molar-refractivity contribution >= 4 is 5.82 Å². The van der Waals surface area contributed by atoms with Crippen LogP contribution >= 0.6 is 0 Å². The van der Waals surface area contributed by atoms with Gasteiger partial charge in [-0.05, 0) is 31.9 Å². The molecule has 3 aromatic rings. The summed E-state index contributed by atoms with van der Waals surface area (Å²) in [6.45, 7) is 2.09. The zero-order valence-electron chi connectivity index (χ0n) is 13.4. The highest BCUT2D eigenvalue weighted by molar-refractivity contribution is 5.54. The minimum atomic E-state index is 0.199. The lowest BCUT2D eigenvalue weighted by Crippen LogP contribution is -2.19. The number of pyridine rings is 1. The predicted molar refractivity (Wildman–Crippen MR) is 88.3 cm³/mol. The number of rotatable bonds is 6. The Kier molecular flexibility index (Phi) is 3.90. The zero-order valence-corrected chi connectivity index (χ0v) is 13.4. The van der Waals surface area contributed by atoms with Crippen molar-refractivity contribution in [2.24, 2.45) is 0 Å². The second-order valence-corrected chi connectivity index (χ2v) is 6.11. The van der Waals surface area contributed by atoms with E-state index in [-0.39, 0.29) is 6.04 Å². The van der Waals surface area contributed by atoms with Crippen LogP contribution in [-0.2, 0) is 6.42 Å². The Morgan fingerprint density at radius 2 is 2.12 bits per heavy atom. The van der Waals surface area contributed by atoms with Crippen molar-refractivity contribution in [1.82, 2.24) is 25.1 Å².